The van der Waals surface area contributed by atoms with Crippen molar-refractivity contribution in [2.24, 2.45) is 5.92 Å². The van der Waals surface area contributed by atoms with Gasteiger partial charge in [-0.3, -0.25) is 0 Å². The Morgan fingerprint density at radius 1 is 1.41 bits per heavy atom. The lowest BCUT2D eigenvalue weighted by molar-refractivity contribution is 0.183. The predicted octanol–water partition coefficient (Wildman–Crippen LogP) is 1.80. The van der Waals surface area contributed by atoms with Crippen LogP contribution in [-0.4, -0.2) is 29.2 Å². The van der Waals surface area contributed by atoms with Crippen LogP contribution in [0, 0.1) is 5.92 Å². The first-order chi connectivity index (χ1) is 8.34. The standard InChI is InChI=1S/C13H19N3O/c1-9(10-5-6-17-7-10)16-13-11-3-2-4-12(11)14-8-15-13/h8-10H,2-7H2,1H3,(H,14,15,16). The minimum atomic E-state index is 0.428. The number of aryl methyl sites for hydroxylation is 1. The first-order valence-corrected chi connectivity index (χ1v) is 6.51. The molecule has 0 bridgehead atoms. The molecule has 0 saturated carbocycles. The van der Waals surface area contributed by atoms with E-state index >= 15 is 0 Å². The minimum absolute atomic E-state index is 0.428. The number of nitrogens with one attached hydrogen (secondary N) is 1. The molecule has 92 valence electrons. The highest BCUT2D eigenvalue weighted by atomic mass is 16.5. The fourth-order valence-corrected chi connectivity index (χ4v) is 2.76. The second-order valence-corrected chi connectivity index (χ2v) is 5.06. The number of fused-ring (bicyclic) bond motifs is 1. The minimum Gasteiger partial charge on any atom is -0.381 e. The van der Waals surface area contributed by atoms with Crippen molar-refractivity contribution in [3.63, 3.8) is 0 Å². The Hall–Kier alpha value is -1.16. The fraction of sp³-hybridized carbons (Fsp3) is 0.692. The van der Waals surface area contributed by atoms with Gasteiger partial charge in [-0.15, -0.1) is 0 Å². The smallest absolute Gasteiger partial charge is 0.133 e. The predicted molar refractivity (Wildman–Crippen MR) is 66.1 cm³/mol. The molecule has 1 fully saturated rings. The van der Waals surface area contributed by atoms with E-state index in [2.05, 4.69) is 22.2 Å². The zero-order chi connectivity index (χ0) is 11.7. The van der Waals surface area contributed by atoms with Gasteiger partial charge in [-0.1, -0.05) is 0 Å². The molecule has 2 unspecified atom stereocenters. The second-order valence-electron chi connectivity index (χ2n) is 5.06. The van der Waals surface area contributed by atoms with Gasteiger partial charge in [0.2, 0.25) is 0 Å². The molecule has 2 aliphatic rings. The summed E-state index contributed by atoms with van der Waals surface area (Å²) in [5.41, 5.74) is 2.57. The van der Waals surface area contributed by atoms with Gasteiger partial charge in [0.15, 0.2) is 0 Å². The second kappa shape index (κ2) is 4.61. The quantitative estimate of drug-likeness (QED) is 0.864. The lowest BCUT2D eigenvalue weighted by Gasteiger charge is -2.21. The van der Waals surface area contributed by atoms with Gasteiger partial charge in [-0.2, -0.15) is 0 Å². The van der Waals surface area contributed by atoms with Crippen LogP contribution in [0.5, 0.6) is 0 Å². The zero-order valence-electron chi connectivity index (χ0n) is 10.3. The third-order valence-corrected chi connectivity index (χ3v) is 3.91. The van der Waals surface area contributed by atoms with Gasteiger partial charge in [-0.05, 0) is 32.6 Å². The van der Waals surface area contributed by atoms with E-state index in [1.165, 1.54) is 17.7 Å². The number of hydrogen-bond donors (Lipinski definition) is 1. The number of rotatable bonds is 3. The van der Waals surface area contributed by atoms with Gasteiger partial charge in [0.25, 0.3) is 0 Å². The number of nitrogens with zero attached hydrogens (tertiary/aromatic N) is 2. The average molecular weight is 233 g/mol. The van der Waals surface area contributed by atoms with Crippen LogP contribution >= 0.6 is 0 Å². The Morgan fingerprint density at radius 3 is 3.18 bits per heavy atom. The number of hydrogen-bond acceptors (Lipinski definition) is 4. The molecule has 3 rings (SSSR count). The van der Waals surface area contributed by atoms with Crippen LogP contribution in [0.2, 0.25) is 0 Å². The van der Waals surface area contributed by atoms with Crippen molar-refractivity contribution in [3.05, 3.63) is 17.6 Å². The van der Waals surface area contributed by atoms with Crippen molar-refractivity contribution in [1.82, 2.24) is 9.97 Å². The molecule has 2 heterocycles. The summed E-state index contributed by atoms with van der Waals surface area (Å²) in [5.74, 6) is 1.66. The third-order valence-electron chi connectivity index (χ3n) is 3.91. The van der Waals surface area contributed by atoms with Crippen LogP contribution in [0.3, 0.4) is 0 Å². The van der Waals surface area contributed by atoms with E-state index in [-0.39, 0.29) is 0 Å². The summed E-state index contributed by atoms with van der Waals surface area (Å²) >= 11 is 0. The van der Waals surface area contributed by atoms with Gasteiger partial charge in [0.1, 0.15) is 12.1 Å². The van der Waals surface area contributed by atoms with E-state index in [9.17, 15) is 0 Å². The first-order valence-electron chi connectivity index (χ1n) is 6.51. The molecule has 1 saturated heterocycles. The first kappa shape index (κ1) is 11.0. The van der Waals surface area contributed by atoms with Crippen LogP contribution < -0.4 is 5.32 Å². The molecule has 1 aliphatic carbocycles. The summed E-state index contributed by atoms with van der Waals surface area (Å²) in [4.78, 5) is 8.75. The lowest BCUT2D eigenvalue weighted by Crippen LogP contribution is -2.27. The van der Waals surface area contributed by atoms with Gasteiger partial charge in [0, 0.05) is 29.8 Å². The summed E-state index contributed by atoms with van der Waals surface area (Å²) < 4.78 is 5.44. The topological polar surface area (TPSA) is 47.0 Å². The van der Waals surface area contributed by atoms with Crippen molar-refractivity contribution in [1.29, 1.82) is 0 Å². The molecular formula is C13H19N3O. The molecule has 1 aromatic heterocycles. The Balaban J connectivity index is 1.74. The largest absolute Gasteiger partial charge is 0.381 e. The van der Waals surface area contributed by atoms with E-state index in [1.54, 1.807) is 6.33 Å². The van der Waals surface area contributed by atoms with Crippen molar-refractivity contribution in [3.8, 4) is 0 Å². The van der Waals surface area contributed by atoms with E-state index in [0.717, 1.165) is 38.3 Å². The van der Waals surface area contributed by atoms with Crippen LogP contribution in [0.25, 0.3) is 0 Å². The molecule has 0 aromatic carbocycles. The SMILES string of the molecule is CC(Nc1ncnc2c1CCC2)C1CCOC1. The van der Waals surface area contributed by atoms with Crippen molar-refractivity contribution in [2.45, 2.75) is 38.6 Å². The van der Waals surface area contributed by atoms with Gasteiger partial charge in [-0.25, -0.2) is 9.97 Å². The Labute approximate surface area is 102 Å². The van der Waals surface area contributed by atoms with Crippen LogP contribution in [0.4, 0.5) is 5.82 Å². The Kier molecular flexibility index (Phi) is 2.97. The van der Waals surface area contributed by atoms with Gasteiger partial charge in [0.05, 0.1) is 6.61 Å². The summed E-state index contributed by atoms with van der Waals surface area (Å²) in [7, 11) is 0. The van der Waals surface area contributed by atoms with Crippen LogP contribution in [0.15, 0.2) is 6.33 Å². The van der Waals surface area contributed by atoms with E-state index in [1.807, 2.05) is 0 Å². The molecular weight excluding hydrogens is 214 g/mol. The maximum absolute atomic E-state index is 5.44. The highest BCUT2D eigenvalue weighted by molar-refractivity contribution is 5.48. The monoisotopic (exact) mass is 233 g/mol. The van der Waals surface area contributed by atoms with Crippen LogP contribution in [-0.2, 0) is 17.6 Å². The normalized spacial score (nSPS) is 24.6. The molecule has 17 heavy (non-hydrogen) atoms. The molecule has 2 atom stereocenters. The van der Waals surface area contributed by atoms with E-state index < -0.39 is 0 Å². The van der Waals surface area contributed by atoms with Crippen molar-refractivity contribution < 1.29 is 4.74 Å². The summed E-state index contributed by atoms with van der Waals surface area (Å²) in [5, 5.41) is 3.55. The third kappa shape index (κ3) is 2.14. The number of aromatic nitrogens is 2. The molecule has 0 amide bonds. The molecule has 4 nitrogen and oxygen atoms in total. The summed E-state index contributed by atoms with van der Waals surface area (Å²) in [6.07, 6.45) is 6.27. The molecule has 0 spiro atoms. The van der Waals surface area contributed by atoms with E-state index in [4.69, 9.17) is 4.74 Å². The number of anilines is 1. The highest BCUT2D eigenvalue weighted by Gasteiger charge is 2.24. The van der Waals surface area contributed by atoms with E-state index in [0.29, 0.717) is 12.0 Å². The Morgan fingerprint density at radius 2 is 2.35 bits per heavy atom. The Bertz CT molecular complexity index is 402. The van der Waals surface area contributed by atoms with Crippen LogP contribution in [0.1, 0.15) is 31.0 Å². The summed E-state index contributed by atoms with van der Waals surface area (Å²) in [6.45, 7) is 4.00. The maximum atomic E-state index is 5.44. The van der Waals surface area contributed by atoms with Crippen molar-refractivity contribution in [2.75, 3.05) is 18.5 Å². The highest BCUT2D eigenvalue weighted by Crippen LogP contribution is 2.27. The molecule has 4 heteroatoms. The lowest BCUT2D eigenvalue weighted by atomic mass is 10.0. The molecule has 1 aromatic rings. The molecule has 0 radical (unpaired) electrons. The number of ether oxygens (including phenoxy) is 1. The fourth-order valence-electron chi connectivity index (χ4n) is 2.76. The zero-order valence-corrected chi connectivity index (χ0v) is 10.3. The van der Waals surface area contributed by atoms with Crippen molar-refractivity contribution >= 4 is 5.82 Å². The maximum Gasteiger partial charge on any atom is 0.133 e. The summed E-state index contributed by atoms with van der Waals surface area (Å²) in [6, 6.07) is 0.428. The average Bonchev–Trinajstić information content (AvgIpc) is 3.00. The molecule has 1 N–H and O–H groups in total. The van der Waals surface area contributed by atoms with Gasteiger partial charge < -0.3 is 10.1 Å². The molecule has 1 aliphatic heterocycles. The van der Waals surface area contributed by atoms with Gasteiger partial charge >= 0.3 is 0 Å².